The quantitative estimate of drug-likeness (QED) is 0.603. The van der Waals surface area contributed by atoms with Crippen LogP contribution in [0.15, 0.2) is 42.7 Å². The van der Waals surface area contributed by atoms with Crippen molar-refractivity contribution in [1.29, 1.82) is 0 Å². The van der Waals surface area contributed by atoms with Crippen molar-refractivity contribution in [2.45, 2.75) is 46.2 Å². The zero-order valence-electron chi connectivity index (χ0n) is 20.3. The van der Waals surface area contributed by atoms with Crippen LogP contribution < -0.4 is 10.2 Å². The maximum atomic E-state index is 13.4. The first-order valence-corrected chi connectivity index (χ1v) is 11.6. The third-order valence-corrected chi connectivity index (χ3v) is 6.81. The second-order valence-electron chi connectivity index (χ2n) is 9.06. The minimum Gasteiger partial charge on any atom is -0.381 e. The predicted octanol–water partition coefficient (Wildman–Crippen LogP) is 4.56. The summed E-state index contributed by atoms with van der Waals surface area (Å²) in [6.45, 7) is 8.11. The van der Waals surface area contributed by atoms with Crippen molar-refractivity contribution in [2.75, 3.05) is 25.2 Å². The van der Waals surface area contributed by atoms with E-state index in [-0.39, 0.29) is 5.91 Å². The highest BCUT2D eigenvalue weighted by molar-refractivity contribution is 5.98. The molecular weight excluding hydrogens is 412 g/mol. The average molecular weight is 447 g/mol. The molecule has 1 aliphatic heterocycles. The Labute approximate surface area is 196 Å². The lowest BCUT2D eigenvalue weighted by Gasteiger charge is -2.34. The molecule has 2 aromatic carbocycles. The van der Waals surface area contributed by atoms with Gasteiger partial charge in [0.15, 0.2) is 0 Å². The van der Waals surface area contributed by atoms with Crippen molar-refractivity contribution in [3.8, 4) is 11.1 Å². The number of anilines is 1. The van der Waals surface area contributed by atoms with Crippen LogP contribution >= 0.6 is 0 Å². The lowest BCUT2D eigenvalue weighted by Crippen LogP contribution is -2.37. The van der Waals surface area contributed by atoms with Gasteiger partial charge in [-0.1, -0.05) is 29.8 Å². The van der Waals surface area contributed by atoms with Gasteiger partial charge >= 0.3 is 0 Å². The molecule has 33 heavy (non-hydrogen) atoms. The molecule has 0 atom stereocenters. The zero-order chi connectivity index (χ0) is 23.5. The standard InChI is InChI=1S/C27H34N4O2/c1-18-6-8-21(9-7-18)22-14-24(27(32)28-16-26-20(3)29-17-30(26)4)19(2)25(15-22)31(5)23-10-12-33-13-11-23/h6-9,14-15,17,23H,10-13,16H2,1-5H3,(H,28,32). The summed E-state index contributed by atoms with van der Waals surface area (Å²) in [7, 11) is 4.09. The van der Waals surface area contributed by atoms with Crippen molar-refractivity contribution in [1.82, 2.24) is 14.9 Å². The number of hydrogen-bond donors (Lipinski definition) is 1. The molecule has 0 bridgehead atoms. The number of amides is 1. The minimum atomic E-state index is -0.0660. The number of aromatic nitrogens is 2. The number of imidazole rings is 1. The van der Waals surface area contributed by atoms with Gasteiger partial charge in [-0.25, -0.2) is 4.98 Å². The number of rotatable bonds is 6. The van der Waals surface area contributed by atoms with Crippen LogP contribution in [0, 0.1) is 20.8 Å². The Kier molecular flexibility index (Phi) is 6.84. The number of nitrogens with one attached hydrogen (secondary N) is 1. The maximum Gasteiger partial charge on any atom is 0.251 e. The largest absolute Gasteiger partial charge is 0.381 e. The molecule has 0 aliphatic carbocycles. The Hall–Kier alpha value is -3.12. The van der Waals surface area contributed by atoms with Crippen LogP contribution in [0.4, 0.5) is 5.69 Å². The van der Waals surface area contributed by atoms with Crippen LogP contribution in [0.1, 0.15) is 45.7 Å². The first-order valence-electron chi connectivity index (χ1n) is 11.6. The fraction of sp³-hybridized carbons (Fsp3) is 0.407. The molecular formula is C27H34N4O2. The molecule has 1 amide bonds. The number of nitrogens with zero attached hydrogens (tertiary/aromatic N) is 3. The molecule has 0 radical (unpaired) electrons. The molecule has 0 spiro atoms. The van der Waals surface area contributed by atoms with E-state index in [9.17, 15) is 4.79 Å². The summed E-state index contributed by atoms with van der Waals surface area (Å²) >= 11 is 0. The molecule has 174 valence electrons. The summed E-state index contributed by atoms with van der Waals surface area (Å²) < 4.78 is 7.52. The molecule has 1 aliphatic rings. The summed E-state index contributed by atoms with van der Waals surface area (Å²) in [6, 6.07) is 13.1. The fourth-order valence-corrected chi connectivity index (χ4v) is 4.57. The summed E-state index contributed by atoms with van der Waals surface area (Å²) in [5.41, 5.74) is 8.13. The molecule has 0 unspecified atom stereocenters. The van der Waals surface area contributed by atoms with Crippen molar-refractivity contribution in [2.24, 2.45) is 7.05 Å². The fourth-order valence-electron chi connectivity index (χ4n) is 4.57. The highest BCUT2D eigenvalue weighted by Crippen LogP contribution is 2.33. The molecule has 1 aromatic heterocycles. The number of benzene rings is 2. The minimum absolute atomic E-state index is 0.0660. The lowest BCUT2D eigenvalue weighted by molar-refractivity contribution is 0.0854. The van der Waals surface area contributed by atoms with Crippen LogP contribution in [0.3, 0.4) is 0 Å². The van der Waals surface area contributed by atoms with Gasteiger partial charge < -0.3 is 19.5 Å². The predicted molar refractivity (Wildman–Crippen MR) is 133 cm³/mol. The van der Waals surface area contributed by atoms with E-state index >= 15 is 0 Å². The Morgan fingerprint density at radius 2 is 1.82 bits per heavy atom. The molecule has 0 saturated carbocycles. The van der Waals surface area contributed by atoms with Crippen LogP contribution in [-0.4, -0.2) is 41.8 Å². The van der Waals surface area contributed by atoms with Gasteiger partial charge in [0.1, 0.15) is 0 Å². The van der Waals surface area contributed by atoms with Crippen molar-refractivity contribution >= 4 is 11.6 Å². The molecule has 3 aromatic rings. The van der Waals surface area contributed by atoms with Crippen LogP contribution in [0.2, 0.25) is 0 Å². The average Bonchev–Trinajstić information content (AvgIpc) is 3.15. The Morgan fingerprint density at radius 1 is 1.12 bits per heavy atom. The highest BCUT2D eigenvalue weighted by atomic mass is 16.5. The van der Waals surface area contributed by atoms with Crippen LogP contribution in [-0.2, 0) is 18.3 Å². The van der Waals surface area contributed by atoms with E-state index < -0.39 is 0 Å². The normalized spacial score (nSPS) is 14.3. The van der Waals surface area contributed by atoms with E-state index in [4.69, 9.17) is 4.74 Å². The smallest absolute Gasteiger partial charge is 0.251 e. The molecule has 4 rings (SSSR count). The van der Waals surface area contributed by atoms with Gasteiger partial charge in [-0.15, -0.1) is 0 Å². The van der Waals surface area contributed by atoms with Crippen LogP contribution in [0.25, 0.3) is 11.1 Å². The monoisotopic (exact) mass is 446 g/mol. The number of carbonyl (C=O) groups is 1. The van der Waals surface area contributed by atoms with E-state index in [0.29, 0.717) is 18.2 Å². The third kappa shape index (κ3) is 4.96. The lowest BCUT2D eigenvalue weighted by atomic mass is 9.95. The first-order chi connectivity index (χ1) is 15.8. The number of aryl methyl sites for hydroxylation is 3. The van der Waals surface area contributed by atoms with Gasteiger partial charge in [0.2, 0.25) is 0 Å². The van der Waals surface area contributed by atoms with Gasteiger partial charge in [0.05, 0.1) is 24.3 Å². The molecule has 1 saturated heterocycles. The highest BCUT2D eigenvalue weighted by Gasteiger charge is 2.23. The van der Waals surface area contributed by atoms with Crippen LogP contribution in [0.5, 0.6) is 0 Å². The molecule has 1 N–H and O–H groups in total. The Balaban J connectivity index is 1.70. The maximum absolute atomic E-state index is 13.4. The third-order valence-electron chi connectivity index (χ3n) is 6.81. The van der Waals surface area contributed by atoms with Crippen molar-refractivity contribution in [3.05, 3.63) is 70.8 Å². The van der Waals surface area contributed by atoms with E-state index in [2.05, 4.69) is 59.5 Å². The van der Waals surface area contributed by atoms with Crippen molar-refractivity contribution < 1.29 is 9.53 Å². The SMILES string of the molecule is Cc1ccc(-c2cc(C(=O)NCc3c(C)ncn3C)c(C)c(N(C)C3CCOCC3)c2)cc1. The van der Waals surface area contributed by atoms with E-state index in [0.717, 1.165) is 59.8 Å². The molecule has 1 fully saturated rings. The summed E-state index contributed by atoms with van der Waals surface area (Å²) in [6.07, 6.45) is 3.76. The van der Waals surface area contributed by atoms with E-state index in [1.54, 1.807) is 6.33 Å². The van der Waals surface area contributed by atoms with Gasteiger partial charge in [0.25, 0.3) is 5.91 Å². The first kappa shape index (κ1) is 23.1. The van der Waals surface area contributed by atoms with Gasteiger partial charge in [-0.3, -0.25) is 4.79 Å². The van der Waals surface area contributed by atoms with Crippen molar-refractivity contribution in [3.63, 3.8) is 0 Å². The molecule has 6 heteroatoms. The summed E-state index contributed by atoms with van der Waals surface area (Å²) in [4.78, 5) is 20.1. The van der Waals surface area contributed by atoms with E-state index in [1.807, 2.05) is 31.5 Å². The topological polar surface area (TPSA) is 59.4 Å². The Bertz CT molecular complexity index is 1110. The molecule has 2 heterocycles. The Morgan fingerprint density at radius 3 is 2.45 bits per heavy atom. The zero-order valence-corrected chi connectivity index (χ0v) is 20.3. The van der Waals surface area contributed by atoms with Gasteiger partial charge in [-0.05, 0) is 62.4 Å². The second-order valence-corrected chi connectivity index (χ2v) is 9.06. The number of ether oxygens (including phenoxy) is 1. The number of hydrogen-bond acceptors (Lipinski definition) is 4. The number of carbonyl (C=O) groups excluding carboxylic acids is 1. The summed E-state index contributed by atoms with van der Waals surface area (Å²) in [5, 5.41) is 3.12. The summed E-state index contributed by atoms with van der Waals surface area (Å²) in [5.74, 6) is -0.0660. The second kappa shape index (κ2) is 9.79. The van der Waals surface area contributed by atoms with Gasteiger partial charge in [0, 0.05) is 44.6 Å². The molecule has 6 nitrogen and oxygen atoms in total. The van der Waals surface area contributed by atoms with Gasteiger partial charge in [-0.2, -0.15) is 0 Å². The van der Waals surface area contributed by atoms with E-state index in [1.165, 1.54) is 5.56 Å².